The first kappa shape index (κ1) is 12.0. The van der Waals surface area contributed by atoms with Crippen LogP contribution in [0.5, 0.6) is 0 Å². The van der Waals surface area contributed by atoms with E-state index in [1.54, 1.807) is 5.41 Å². The maximum absolute atomic E-state index is 10.8. The molecule has 1 rings (SSSR count). The monoisotopic (exact) mass is 245 g/mol. The van der Waals surface area contributed by atoms with Gasteiger partial charge in [-0.25, -0.2) is 4.79 Å². The standard InChI is InChI=1S/C8H11N3O2S2/c1-11(2)7-9-10-8(15-7)14-5-4-6(12)13-3/h4-5H,1-3H3. The van der Waals surface area contributed by atoms with E-state index in [1.165, 1.54) is 36.3 Å². The van der Waals surface area contributed by atoms with E-state index in [4.69, 9.17) is 0 Å². The summed E-state index contributed by atoms with van der Waals surface area (Å²) in [7, 11) is 5.14. The number of hydrogen-bond acceptors (Lipinski definition) is 7. The highest BCUT2D eigenvalue weighted by atomic mass is 32.2. The van der Waals surface area contributed by atoms with Crippen molar-refractivity contribution in [2.75, 3.05) is 26.1 Å². The van der Waals surface area contributed by atoms with E-state index in [1.807, 2.05) is 19.0 Å². The lowest BCUT2D eigenvalue weighted by molar-refractivity contribution is -0.134. The van der Waals surface area contributed by atoms with Crippen LogP contribution in [-0.2, 0) is 9.53 Å². The maximum Gasteiger partial charge on any atom is 0.330 e. The molecule has 0 radical (unpaired) electrons. The molecular formula is C8H11N3O2S2. The van der Waals surface area contributed by atoms with Gasteiger partial charge in [-0.1, -0.05) is 23.1 Å². The molecule has 1 heterocycles. The van der Waals surface area contributed by atoms with Crippen molar-refractivity contribution >= 4 is 34.2 Å². The minimum atomic E-state index is -0.375. The molecule has 0 spiro atoms. The van der Waals surface area contributed by atoms with Crippen molar-refractivity contribution < 1.29 is 9.53 Å². The van der Waals surface area contributed by atoms with E-state index in [0.29, 0.717) is 0 Å². The SMILES string of the molecule is COC(=O)C=CSc1nnc(N(C)C)s1. The van der Waals surface area contributed by atoms with Crippen LogP contribution in [0.25, 0.3) is 0 Å². The van der Waals surface area contributed by atoms with Gasteiger partial charge in [0.25, 0.3) is 0 Å². The summed E-state index contributed by atoms with van der Waals surface area (Å²) in [5.74, 6) is -0.375. The molecule has 0 atom stereocenters. The molecule has 0 aliphatic heterocycles. The molecule has 0 bridgehead atoms. The van der Waals surface area contributed by atoms with Crippen LogP contribution in [0.4, 0.5) is 5.13 Å². The molecule has 1 aromatic heterocycles. The van der Waals surface area contributed by atoms with Crippen LogP contribution < -0.4 is 4.90 Å². The molecule has 0 N–H and O–H groups in total. The van der Waals surface area contributed by atoms with Crippen LogP contribution in [0.1, 0.15) is 0 Å². The zero-order chi connectivity index (χ0) is 11.3. The first-order valence-electron chi connectivity index (χ1n) is 4.05. The zero-order valence-electron chi connectivity index (χ0n) is 8.63. The average Bonchev–Trinajstić information content (AvgIpc) is 2.66. The number of methoxy groups -OCH3 is 1. The van der Waals surface area contributed by atoms with E-state index >= 15 is 0 Å². The molecule has 0 aromatic carbocycles. The van der Waals surface area contributed by atoms with E-state index in [0.717, 1.165) is 9.47 Å². The summed E-state index contributed by atoms with van der Waals surface area (Å²) < 4.78 is 5.24. The van der Waals surface area contributed by atoms with Crippen molar-refractivity contribution in [3.63, 3.8) is 0 Å². The zero-order valence-corrected chi connectivity index (χ0v) is 10.3. The first-order valence-corrected chi connectivity index (χ1v) is 5.75. The van der Waals surface area contributed by atoms with Crippen molar-refractivity contribution in [1.82, 2.24) is 10.2 Å². The normalized spacial score (nSPS) is 10.6. The molecular weight excluding hydrogens is 234 g/mol. The number of carbonyl (C=O) groups excluding carboxylic acids is 1. The third-order valence-corrected chi connectivity index (χ3v) is 3.33. The second kappa shape index (κ2) is 5.72. The second-order valence-corrected chi connectivity index (χ2v) is 4.80. The Balaban J connectivity index is 2.51. The summed E-state index contributed by atoms with van der Waals surface area (Å²) in [6, 6.07) is 0. The summed E-state index contributed by atoms with van der Waals surface area (Å²) in [5.41, 5.74) is 0. The fourth-order valence-corrected chi connectivity index (χ4v) is 2.12. The third kappa shape index (κ3) is 3.88. The molecule has 0 unspecified atom stereocenters. The highest BCUT2D eigenvalue weighted by Gasteiger charge is 2.04. The van der Waals surface area contributed by atoms with E-state index in [9.17, 15) is 4.79 Å². The summed E-state index contributed by atoms with van der Waals surface area (Å²) in [6.07, 6.45) is 1.35. The highest BCUT2D eigenvalue weighted by molar-refractivity contribution is 8.03. The van der Waals surface area contributed by atoms with Crippen LogP contribution in [0.15, 0.2) is 15.8 Å². The topological polar surface area (TPSA) is 55.3 Å². The highest BCUT2D eigenvalue weighted by Crippen LogP contribution is 2.27. The number of esters is 1. The largest absolute Gasteiger partial charge is 0.466 e. The lowest BCUT2D eigenvalue weighted by Gasteiger charge is -2.03. The molecule has 0 saturated carbocycles. The molecule has 0 fully saturated rings. The van der Waals surface area contributed by atoms with Crippen molar-refractivity contribution in [1.29, 1.82) is 0 Å². The quantitative estimate of drug-likeness (QED) is 0.454. The number of rotatable bonds is 4. The summed E-state index contributed by atoms with van der Waals surface area (Å²) in [5, 5.41) is 10.4. The molecule has 0 saturated heterocycles. The first-order chi connectivity index (χ1) is 7.13. The fourth-order valence-electron chi connectivity index (χ4n) is 0.647. The molecule has 15 heavy (non-hydrogen) atoms. The van der Waals surface area contributed by atoms with Crippen LogP contribution in [-0.4, -0.2) is 37.4 Å². The van der Waals surface area contributed by atoms with Gasteiger partial charge in [-0.2, -0.15) is 0 Å². The smallest absolute Gasteiger partial charge is 0.330 e. The van der Waals surface area contributed by atoms with Gasteiger partial charge < -0.3 is 9.64 Å². The van der Waals surface area contributed by atoms with Crippen LogP contribution >= 0.6 is 23.1 Å². The maximum atomic E-state index is 10.8. The Labute approximate surface area is 96.1 Å². The Morgan fingerprint density at radius 3 is 2.80 bits per heavy atom. The lowest BCUT2D eigenvalue weighted by Crippen LogP contribution is -2.07. The molecule has 1 aromatic rings. The summed E-state index contributed by atoms with van der Waals surface area (Å²) in [6.45, 7) is 0. The number of ether oxygens (including phenoxy) is 1. The minimum Gasteiger partial charge on any atom is -0.466 e. The summed E-state index contributed by atoms with van der Waals surface area (Å²) >= 11 is 2.80. The Hall–Kier alpha value is -1.08. The van der Waals surface area contributed by atoms with Gasteiger partial charge in [0, 0.05) is 20.2 Å². The van der Waals surface area contributed by atoms with Gasteiger partial charge in [0.2, 0.25) is 5.13 Å². The lowest BCUT2D eigenvalue weighted by atomic mass is 10.7. The fraction of sp³-hybridized carbons (Fsp3) is 0.375. The van der Waals surface area contributed by atoms with Crippen LogP contribution in [0.3, 0.4) is 0 Å². The Bertz CT molecular complexity index is 363. The number of aromatic nitrogens is 2. The van der Waals surface area contributed by atoms with Crippen molar-refractivity contribution in [3.05, 3.63) is 11.5 Å². The van der Waals surface area contributed by atoms with E-state index in [2.05, 4.69) is 14.9 Å². The number of thioether (sulfide) groups is 1. The molecule has 0 aliphatic carbocycles. The average molecular weight is 245 g/mol. The van der Waals surface area contributed by atoms with Crippen LogP contribution in [0.2, 0.25) is 0 Å². The van der Waals surface area contributed by atoms with Gasteiger partial charge in [0.05, 0.1) is 7.11 Å². The van der Waals surface area contributed by atoms with Gasteiger partial charge in [0.1, 0.15) is 0 Å². The molecule has 5 nitrogen and oxygen atoms in total. The van der Waals surface area contributed by atoms with Crippen molar-refractivity contribution in [3.8, 4) is 0 Å². The molecule has 0 amide bonds. The van der Waals surface area contributed by atoms with Gasteiger partial charge in [-0.3, -0.25) is 0 Å². The van der Waals surface area contributed by atoms with Crippen molar-refractivity contribution in [2.24, 2.45) is 0 Å². The van der Waals surface area contributed by atoms with E-state index in [-0.39, 0.29) is 5.97 Å². The van der Waals surface area contributed by atoms with Crippen molar-refractivity contribution in [2.45, 2.75) is 4.34 Å². The van der Waals surface area contributed by atoms with Gasteiger partial charge in [0.15, 0.2) is 4.34 Å². The molecule has 0 aliphatic rings. The van der Waals surface area contributed by atoms with Crippen LogP contribution in [0, 0.1) is 0 Å². The van der Waals surface area contributed by atoms with E-state index < -0.39 is 0 Å². The summed E-state index contributed by atoms with van der Waals surface area (Å²) in [4.78, 5) is 12.6. The third-order valence-electron chi connectivity index (χ3n) is 1.35. The second-order valence-electron chi connectivity index (χ2n) is 2.69. The predicted molar refractivity (Wildman–Crippen MR) is 61.2 cm³/mol. The molecule has 82 valence electrons. The predicted octanol–water partition coefficient (Wildman–Crippen LogP) is 1.38. The van der Waals surface area contributed by atoms with Gasteiger partial charge >= 0.3 is 5.97 Å². The molecule has 7 heteroatoms. The number of carbonyl (C=O) groups is 1. The Morgan fingerprint density at radius 2 is 2.27 bits per heavy atom. The number of hydrogen-bond donors (Lipinski definition) is 0. The van der Waals surface area contributed by atoms with Gasteiger partial charge in [-0.05, 0) is 5.41 Å². The number of anilines is 1. The van der Waals surface area contributed by atoms with Gasteiger partial charge in [-0.15, -0.1) is 10.2 Å². The Morgan fingerprint density at radius 1 is 1.53 bits per heavy atom. The number of nitrogens with zero attached hydrogens (tertiary/aromatic N) is 3. The Kier molecular flexibility index (Phi) is 4.57. The minimum absolute atomic E-state index is 0.375.